The van der Waals surface area contributed by atoms with Gasteiger partial charge in [-0.05, 0) is 44.4 Å². The van der Waals surface area contributed by atoms with E-state index in [4.69, 9.17) is 5.11 Å². The van der Waals surface area contributed by atoms with Crippen LogP contribution in [-0.2, 0) is 4.79 Å². The van der Waals surface area contributed by atoms with Gasteiger partial charge in [0.05, 0.1) is 0 Å². The molecule has 1 aliphatic carbocycles. The molecule has 2 fully saturated rings. The molecule has 5 heteroatoms. The van der Waals surface area contributed by atoms with Gasteiger partial charge in [-0.1, -0.05) is 0 Å². The van der Waals surface area contributed by atoms with Crippen molar-refractivity contribution in [2.45, 2.75) is 39.0 Å². The van der Waals surface area contributed by atoms with E-state index in [1.165, 1.54) is 12.8 Å². The molecule has 1 N–H and O–H groups in total. The molecule has 0 aromatic carbocycles. The first-order chi connectivity index (χ1) is 9.10. The van der Waals surface area contributed by atoms with Crippen molar-refractivity contribution < 1.29 is 14.7 Å². The van der Waals surface area contributed by atoms with Crippen molar-refractivity contribution in [3.05, 3.63) is 0 Å². The highest BCUT2D eigenvalue weighted by Crippen LogP contribution is 2.30. The number of carboxylic acids is 1. The molecule has 0 radical (unpaired) electrons. The second kappa shape index (κ2) is 6.26. The smallest absolute Gasteiger partial charge is 0.319 e. The molecule has 1 heterocycles. The second-order valence-electron chi connectivity index (χ2n) is 5.79. The van der Waals surface area contributed by atoms with Crippen molar-refractivity contribution >= 4 is 12.0 Å². The van der Waals surface area contributed by atoms with Crippen LogP contribution >= 0.6 is 0 Å². The minimum atomic E-state index is -0.728. The first kappa shape index (κ1) is 14.2. The monoisotopic (exact) mass is 268 g/mol. The summed E-state index contributed by atoms with van der Waals surface area (Å²) < 4.78 is 0. The number of amides is 2. The summed E-state index contributed by atoms with van der Waals surface area (Å²) in [7, 11) is 0. The van der Waals surface area contributed by atoms with Gasteiger partial charge in [-0.15, -0.1) is 0 Å². The maximum atomic E-state index is 12.4. The van der Waals surface area contributed by atoms with E-state index in [-0.39, 0.29) is 18.4 Å². The number of piperidine rings is 1. The van der Waals surface area contributed by atoms with Gasteiger partial charge in [0, 0.05) is 32.6 Å². The number of urea groups is 1. The first-order valence-electron chi connectivity index (χ1n) is 7.35. The Morgan fingerprint density at radius 1 is 1.16 bits per heavy atom. The van der Waals surface area contributed by atoms with Gasteiger partial charge < -0.3 is 14.9 Å². The summed E-state index contributed by atoms with van der Waals surface area (Å²) in [5, 5.41) is 8.78. The third-order valence-electron chi connectivity index (χ3n) is 4.18. The van der Waals surface area contributed by atoms with E-state index in [1.807, 2.05) is 16.7 Å². The Morgan fingerprint density at radius 2 is 1.79 bits per heavy atom. The van der Waals surface area contributed by atoms with Crippen molar-refractivity contribution in [3.8, 4) is 0 Å². The summed E-state index contributed by atoms with van der Waals surface area (Å²) in [6.45, 7) is 5.10. The molecule has 2 aliphatic rings. The Kier molecular flexibility index (Phi) is 4.66. The van der Waals surface area contributed by atoms with Gasteiger partial charge in [-0.3, -0.25) is 4.79 Å². The lowest BCUT2D eigenvalue weighted by Gasteiger charge is -2.35. The van der Waals surface area contributed by atoms with Crippen LogP contribution in [0.15, 0.2) is 0 Å². The average molecular weight is 268 g/mol. The van der Waals surface area contributed by atoms with Gasteiger partial charge in [0.1, 0.15) is 0 Å². The number of carbonyl (C=O) groups excluding carboxylic acids is 1. The van der Waals surface area contributed by atoms with E-state index in [2.05, 4.69) is 0 Å². The van der Waals surface area contributed by atoms with Crippen LogP contribution in [0, 0.1) is 11.8 Å². The SMILES string of the molecule is CCN(CC1CC1)C(=O)N1CCC(CC(=O)O)CC1. The summed E-state index contributed by atoms with van der Waals surface area (Å²) in [5.41, 5.74) is 0. The molecule has 1 aliphatic heterocycles. The highest BCUT2D eigenvalue weighted by Gasteiger charge is 2.30. The van der Waals surface area contributed by atoms with Crippen LogP contribution < -0.4 is 0 Å². The van der Waals surface area contributed by atoms with E-state index in [1.54, 1.807) is 0 Å². The normalized spacial score (nSPS) is 20.4. The molecule has 2 rings (SSSR count). The molecule has 0 atom stereocenters. The minimum Gasteiger partial charge on any atom is -0.481 e. The van der Waals surface area contributed by atoms with E-state index < -0.39 is 5.97 Å². The number of nitrogens with zero attached hydrogens (tertiary/aromatic N) is 2. The molecule has 0 spiro atoms. The summed E-state index contributed by atoms with van der Waals surface area (Å²) in [4.78, 5) is 26.9. The number of hydrogen-bond acceptors (Lipinski definition) is 2. The number of carbonyl (C=O) groups is 2. The zero-order valence-electron chi connectivity index (χ0n) is 11.7. The van der Waals surface area contributed by atoms with Crippen molar-refractivity contribution in [3.63, 3.8) is 0 Å². The maximum Gasteiger partial charge on any atom is 0.319 e. The quantitative estimate of drug-likeness (QED) is 0.830. The molecule has 0 unspecified atom stereocenters. The molecule has 19 heavy (non-hydrogen) atoms. The van der Waals surface area contributed by atoms with Crippen LogP contribution in [0.2, 0.25) is 0 Å². The van der Waals surface area contributed by atoms with Gasteiger partial charge in [0.15, 0.2) is 0 Å². The summed E-state index contributed by atoms with van der Waals surface area (Å²) in [5.74, 6) is 0.224. The number of aliphatic carboxylic acids is 1. The molecule has 2 amide bonds. The lowest BCUT2D eigenvalue weighted by atomic mass is 9.94. The Labute approximate surface area is 114 Å². The van der Waals surface area contributed by atoms with Crippen LogP contribution in [0.5, 0.6) is 0 Å². The topological polar surface area (TPSA) is 60.9 Å². The fourth-order valence-electron chi connectivity index (χ4n) is 2.73. The third kappa shape index (κ3) is 4.11. The molecular formula is C14H24N2O3. The number of carboxylic acid groups (broad SMARTS) is 1. The van der Waals surface area contributed by atoms with Crippen LogP contribution in [-0.4, -0.2) is 53.1 Å². The zero-order chi connectivity index (χ0) is 13.8. The van der Waals surface area contributed by atoms with Crippen molar-refractivity contribution in [2.24, 2.45) is 11.8 Å². The van der Waals surface area contributed by atoms with Crippen LogP contribution in [0.25, 0.3) is 0 Å². The molecule has 0 bridgehead atoms. The van der Waals surface area contributed by atoms with Crippen molar-refractivity contribution in [2.75, 3.05) is 26.2 Å². The lowest BCUT2D eigenvalue weighted by Crippen LogP contribution is -2.47. The van der Waals surface area contributed by atoms with Gasteiger partial charge in [-0.25, -0.2) is 4.79 Å². The van der Waals surface area contributed by atoms with E-state index >= 15 is 0 Å². The predicted octanol–water partition coefficient (Wildman–Crippen LogP) is 2.03. The Morgan fingerprint density at radius 3 is 2.26 bits per heavy atom. The Balaban J connectivity index is 1.78. The van der Waals surface area contributed by atoms with E-state index in [0.29, 0.717) is 19.0 Å². The van der Waals surface area contributed by atoms with Gasteiger partial charge in [0.2, 0.25) is 0 Å². The Bertz CT molecular complexity index is 334. The molecular weight excluding hydrogens is 244 g/mol. The number of likely N-dealkylation sites (tertiary alicyclic amines) is 1. The zero-order valence-corrected chi connectivity index (χ0v) is 11.7. The molecule has 1 saturated heterocycles. The van der Waals surface area contributed by atoms with Gasteiger partial charge >= 0.3 is 12.0 Å². The predicted molar refractivity (Wildman–Crippen MR) is 71.9 cm³/mol. The van der Waals surface area contributed by atoms with Crippen LogP contribution in [0.1, 0.15) is 39.0 Å². The maximum absolute atomic E-state index is 12.4. The fraction of sp³-hybridized carbons (Fsp3) is 0.857. The molecule has 1 saturated carbocycles. The van der Waals surface area contributed by atoms with Gasteiger partial charge in [0.25, 0.3) is 0 Å². The highest BCUT2D eigenvalue weighted by molar-refractivity contribution is 5.74. The first-order valence-corrected chi connectivity index (χ1v) is 7.35. The fourth-order valence-corrected chi connectivity index (χ4v) is 2.73. The van der Waals surface area contributed by atoms with Crippen LogP contribution in [0.4, 0.5) is 4.79 Å². The van der Waals surface area contributed by atoms with E-state index in [0.717, 1.165) is 25.9 Å². The number of rotatable bonds is 5. The standard InChI is InChI=1S/C14H24N2O3/c1-2-15(10-12-3-4-12)14(19)16-7-5-11(6-8-16)9-13(17)18/h11-12H,2-10H2,1H3,(H,17,18). The summed E-state index contributed by atoms with van der Waals surface area (Å²) >= 11 is 0. The summed E-state index contributed by atoms with van der Waals surface area (Å²) in [6, 6.07) is 0.142. The Hall–Kier alpha value is -1.26. The average Bonchev–Trinajstić information content (AvgIpc) is 3.19. The van der Waals surface area contributed by atoms with E-state index in [9.17, 15) is 9.59 Å². The highest BCUT2D eigenvalue weighted by atomic mass is 16.4. The van der Waals surface area contributed by atoms with Crippen molar-refractivity contribution in [1.29, 1.82) is 0 Å². The third-order valence-corrected chi connectivity index (χ3v) is 4.18. The molecule has 0 aromatic heterocycles. The summed E-state index contributed by atoms with van der Waals surface area (Å²) in [6.07, 6.45) is 4.38. The molecule has 5 nitrogen and oxygen atoms in total. The largest absolute Gasteiger partial charge is 0.481 e. The minimum absolute atomic E-state index is 0.142. The van der Waals surface area contributed by atoms with Gasteiger partial charge in [-0.2, -0.15) is 0 Å². The van der Waals surface area contributed by atoms with Crippen molar-refractivity contribution in [1.82, 2.24) is 9.80 Å². The molecule has 0 aromatic rings. The van der Waals surface area contributed by atoms with Crippen LogP contribution in [0.3, 0.4) is 0 Å². The number of hydrogen-bond donors (Lipinski definition) is 1. The second-order valence-corrected chi connectivity index (χ2v) is 5.79. The molecule has 108 valence electrons. The lowest BCUT2D eigenvalue weighted by molar-refractivity contribution is -0.138.